The number of benzene rings is 1. The standard InChI is InChI=1S/C14H13ClN2O2/c15-12-5-8-16-17(12)11-3-1-10(2-4-11)14(6-7-14)9-13(18)19/h1-5,8H,6-7,9H2,(H,18,19). The topological polar surface area (TPSA) is 55.1 Å². The molecular weight excluding hydrogens is 264 g/mol. The van der Waals surface area contributed by atoms with E-state index in [9.17, 15) is 4.79 Å². The molecule has 0 radical (unpaired) electrons. The normalized spacial score (nSPS) is 16.3. The Hall–Kier alpha value is -1.81. The zero-order valence-electron chi connectivity index (χ0n) is 10.2. The number of halogens is 1. The number of hydrogen-bond donors (Lipinski definition) is 1. The summed E-state index contributed by atoms with van der Waals surface area (Å²) in [6.07, 6.45) is 3.74. The van der Waals surface area contributed by atoms with Gasteiger partial charge in [0.2, 0.25) is 0 Å². The first kappa shape index (κ1) is 12.2. The van der Waals surface area contributed by atoms with Crippen molar-refractivity contribution in [1.29, 1.82) is 0 Å². The van der Waals surface area contributed by atoms with Crippen molar-refractivity contribution in [3.8, 4) is 5.69 Å². The van der Waals surface area contributed by atoms with Crippen LogP contribution in [0, 0.1) is 0 Å². The number of aromatic nitrogens is 2. The minimum atomic E-state index is -0.739. The molecule has 1 aromatic heterocycles. The summed E-state index contributed by atoms with van der Waals surface area (Å²) in [6, 6.07) is 9.53. The Morgan fingerprint density at radius 1 is 1.32 bits per heavy atom. The van der Waals surface area contributed by atoms with Gasteiger partial charge in [-0.05, 0) is 36.6 Å². The van der Waals surface area contributed by atoms with Crippen LogP contribution in [0.1, 0.15) is 24.8 Å². The molecule has 1 fully saturated rings. The van der Waals surface area contributed by atoms with E-state index in [4.69, 9.17) is 16.7 Å². The van der Waals surface area contributed by atoms with Crippen LogP contribution in [0.2, 0.25) is 5.15 Å². The molecule has 3 rings (SSSR count). The molecule has 1 heterocycles. The maximum Gasteiger partial charge on any atom is 0.304 e. The van der Waals surface area contributed by atoms with E-state index < -0.39 is 5.97 Å². The van der Waals surface area contributed by atoms with Crippen molar-refractivity contribution < 1.29 is 9.90 Å². The predicted molar refractivity (Wildman–Crippen MR) is 71.7 cm³/mol. The lowest BCUT2D eigenvalue weighted by Crippen LogP contribution is -2.13. The summed E-state index contributed by atoms with van der Waals surface area (Å²) >= 11 is 6.01. The van der Waals surface area contributed by atoms with Gasteiger partial charge in [0.05, 0.1) is 18.3 Å². The fourth-order valence-corrected chi connectivity index (χ4v) is 2.64. The van der Waals surface area contributed by atoms with E-state index in [0.717, 1.165) is 24.1 Å². The van der Waals surface area contributed by atoms with Gasteiger partial charge in [-0.25, -0.2) is 4.68 Å². The van der Waals surface area contributed by atoms with Gasteiger partial charge < -0.3 is 5.11 Å². The van der Waals surface area contributed by atoms with Crippen molar-refractivity contribution in [3.63, 3.8) is 0 Å². The van der Waals surface area contributed by atoms with Gasteiger partial charge in [-0.15, -0.1) is 0 Å². The molecule has 2 aromatic rings. The summed E-state index contributed by atoms with van der Waals surface area (Å²) in [5.41, 5.74) is 1.81. The summed E-state index contributed by atoms with van der Waals surface area (Å²) in [6.45, 7) is 0. The lowest BCUT2D eigenvalue weighted by molar-refractivity contribution is -0.137. The Morgan fingerprint density at radius 3 is 2.47 bits per heavy atom. The number of hydrogen-bond acceptors (Lipinski definition) is 2. The molecule has 0 unspecified atom stereocenters. The summed E-state index contributed by atoms with van der Waals surface area (Å²) in [4.78, 5) is 10.9. The summed E-state index contributed by atoms with van der Waals surface area (Å²) in [5.74, 6) is -0.739. The van der Waals surface area contributed by atoms with Crippen molar-refractivity contribution in [2.45, 2.75) is 24.7 Å². The van der Waals surface area contributed by atoms with E-state index >= 15 is 0 Å². The van der Waals surface area contributed by atoms with Gasteiger partial charge in [0.1, 0.15) is 5.15 Å². The fourth-order valence-electron chi connectivity index (χ4n) is 2.44. The number of carbonyl (C=O) groups is 1. The Morgan fingerprint density at radius 2 is 2.00 bits per heavy atom. The van der Waals surface area contributed by atoms with Gasteiger partial charge >= 0.3 is 5.97 Å². The fraction of sp³-hybridized carbons (Fsp3) is 0.286. The molecule has 0 atom stereocenters. The van der Waals surface area contributed by atoms with E-state index in [0.29, 0.717) is 5.15 Å². The number of aliphatic carboxylic acids is 1. The lowest BCUT2D eigenvalue weighted by atomic mass is 9.92. The van der Waals surface area contributed by atoms with Crippen LogP contribution in [0.25, 0.3) is 5.69 Å². The molecule has 1 aliphatic rings. The van der Waals surface area contributed by atoms with Gasteiger partial charge in [0.15, 0.2) is 0 Å². The number of carboxylic acid groups (broad SMARTS) is 1. The van der Waals surface area contributed by atoms with E-state index in [2.05, 4.69) is 5.10 Å². The Labute approximate surface area is 115 Å². The molecule has 1 aromatic carbocycles. The van der Waals surface area contributed by atoms with Crippen LogP contribution >= 0.6 is 11.6 Å². The molecule has 0 saturated heterocycles. The average molecular weight is 277 g/mol. The van der Waals surface area contributed by atoms with Crippen LogP contribution in [0.3, 0.4) is 0 Å². The molecule has 19 heavy (non-hydrogen) atoms. The molecule has 0 amide bonds. The zero-order valence-corrected chi connectivity index (χ0v) is 11.0. The third kappa shape index (κ3) is 2.24. The quantitative estimate of drug-likeness (QED) is 0.934. The van der Waals surface area contributed by atoms with E-state index in [1.807, 2.05) is 24.3 Å². The Balaban J connectivity index is 1.88. The van der Waals surface area contributed by atoms with Gasteiger partial charge in [-0.1, -0.05) is 23.7 Å². The first-order chi connectivity index (χ1) is 9.11. The lowest BCUT2D eigenvalue weighted by Gasteiger charge is -2.13. The van der Waals surface area contributed by atoms with Gasteiger partial charge in [-0.3, -0.25) is 4.79 Å². The first-order valence-corrected chi connectivity index (χ1v) is 6.51. The largest absolute Gasteiger partial charge is 0.481 e. The monoisotopic (exact) mass is 276 g/mol. The van der Waals surface area contributed by atoms with Crippen molar-refractivity contribution in [3.05, 3.63) is 47.2 Å². The van der Waals surface area contributed by atoms with Gasteiger partial charge in [-0.2, -0.15) is 5.10 Å². The maximum absolute atomic E-state index is 10.9. The molecule has 1 saturated carbocycles. The molecule has 4 nitrogen and oxygen atoms in total. The Kier molecular flexibility index (Phi) is 2.82. The third-order valence-corrected chi connectivity index (χ3v) is 3.95. The van der Waals surface area contributed by atoms with Crippen molar-refractivity contribution in [2.75, 3.05) is 0 Å². The first-order valence-electron chi connectivity index (χ1n) is 6.13. The van der Waals surface area contributed by atoms with Crippen molar-refractivity contribution in [2.24, 2.45) is 0 Å². The smallest absolute Gasteiger partial charge is 0.304 e. The second kappa shape index (κ2) is 4.38. The highest BCUT2D eigenvalue weighted by Crippen LogP contribution is 2.51. The third-order valence-electron chi connectivity index (χ3n) is 3.66. The maximum atomic E-state index is 10.9. The number of carboxylic acids is 1. The average Bonchev–Trinajstić information content (AvgIpc) is 3.02. The number of rotatable bonds is 4. The second-order valence-corrected chi connectivity index (χ2v) is 5.35. The van der Waals surface area contributed by atoms with E-state index in [1.165, 1.54) is 0 Å². The van der Waals surface area contributed by atoms with Crippen LogP contribution in [-0.4, -0.2) is 20.9 Å². The highest BCUT2D eigenvalue weighted by molar-refractivity contribution is 6.29. The van der Waals surface area contributed by atoms with Crippen LogP contribution in [0.4, 0.5) is 0 Å². The van der Waals surface area contributed by atoms with E-state index in [1.54, 1.807) is 16.9 Å². The van der Waals surface area contributed by atoms with Gasteiger partial charge in [0.25, 0.3) is 0 Å². The molecule has 0 bridgehead atoms. The SMILES string of the molecule is O=C(O)CC1(c2ccc(-n3nccc3Cl)cc2)CC1. The number of nitrogens with zero attached hydrogens (tertiary/aromatic N) is 2. The minimum Gasteiger partial charge on any atom is -0.481 e. The molecule has 0 aliphatic heterocycles. The molecule has 5 heteroatoms. The van der Waals surface area contributed by atoms with Crippen LogP contribution in [0.5, 0.6) is 0 Å². The predicted octanol–water partition coefficient (Wildman–Crippen LogP) is 3.03. The zero-order chi connectivity index (χ0) is 13.5. The van der Waals surface area contributed by atoms with Gasteiger partial charge in [0, 0.05) is 5.41 Å². The summed E-state index contributed by atoms with van der Waals surface area (Å²) in [7, 11) is 0. The highest BCUT2D eigenvalue weighted by atomic mass is 35.5. The summed E-state index contributed by atoms with van der Waals surface area (Å²) < 4.78 is 1.64. The van der Waals surface area contributed by atoms with Crippen molar-refractivity contribution >= 4 is 17.6 Å². The van der Waals surface area contributed by atoms with Crippen LogP contribution in [-0.2, 0) is 10.2 Å². The molecule has 1 N–H and O–H groups in total. The molecule has 0 spiro atoms. The highest BCUT2D eigenvalue weighted by Gasteiger charge is 2.45. The molecule has 1 aliphatic carbocycles. The van der Waals surface area contributed by atoms with Crippen LogP contribution in [0.15, 0.2) is 36.5 Å². The van der Waals surface area contributed by atoms with Crippen LogP contribution < -0.4 is 0 Å². The summed E-state index contributed by atoms with van der Waals surface area (Å²) in [5, 5.41) is 13.6. The molecular formula is C14H13ClN2O2. The van der Waals surface area contributed by atoms with Crippen molar-refractivity contribution in [1.82, 2.24) is 9.78 Å². The minimum absolute atomic E-state index is 0.154. The Bertz CT molecular complexity index is 615. The molecule has 98 valence electrons. The second-order valence-electron chi connectivity index (χ2n) is 4.96. The van der Waals surface area contributed by atoms with E-state index in [-0.39, 0.29) is 11.8 Å².